The number of benzene rings is 1. The third-order valence-corrected chi connectivity index (χ3v) is 5.90. The summed E-state index contributed by atoms with van der Waals surface area (Å²) in [5, 5.41) is 0.518. The molecule has 5 nitrogen and oxygen atoms in total. The number of halogens is 1. The number of imidazole rings is 1. The normalized spacial score (nSPS) is 19.4. The molecular formula is C13H15ClN2O3S. The van der Waals surface area contributed by atoms with Crippen molar-refractivity contribution in [1.82, 2.24) is 9.55 Å². The number of para-hydroxylation sites is 1. The van der Waals surface area contributed by atoms with E-state index in [1.165, 1.54) is 0 Å². The Hall–Kier alpha value is -1.27. The van der Waals surface area contributed by atoms with Crippen LogP contribution in [0, 0.1) is 5.92 Å². The van der Waals surface area contributed by atoms with Crippen LogP contribution in [0.15, 0.2) is 23.0 Å². The molecule has 0 radical (unpaired) electrons. The van der Waals surface area contributed by atoms with Crippen molar-refractivity contribution in [2.75, 3.05) is 11.5 Å². The molecule has 2 heterocycles. The molecule has 3 rings (SSSR count). The summed E-state index contributed by atoms with van der Waals surface area (Å²) in [5.74, 6) is 0.652. The van der Waals surface area contributed by atoms with Crippen molar-refractivity contribution in [2.45, 2.75) is 19.4 Å². The standard InChI is InChI=1S/C13H15ClN2O3S/c14-10-2-1-3-11-12(10)15-13(17)16(11)8-9-4-6-20(18,19)7-5-9/h1-3,9H,4-8H2,(H,15,17). The van der Waals surface area contributed by atoms with Gasteiger partial charge in [0.2, 0.25) is 0 Å². The lowest BCUT2D eigenvalue weighted by Crippen LogP contribution is -2.29. The Morgan fingerprint density at radius 1 is 1.30 bits per heavy atom. The van der Waals surface area contributed by atoms with E-state index in [9.17, 15) is 13.2 Å². The highest BCUT2D eigenvalue weighted by atomic mass is 35.5. The first kappa shape index (κ1) is 13.7. The zero-order valence-corrected chi connectivity index (χ0v) is 12.4. The predicted octanol–water partition coefficient (Wildman–Crippen LogP) is 1.81. The molecular weight excluding hydrogens is 300 g/mol. The van der Waals surface area contributed by atoms with Crippen LogP contribution in [0.5, 0.6) is 0 Å². The first-order chi connectivity index (χ1) is 9.46. The zero-order chi connectivity index (χ0) is 14.3. The summed E-state index contributed by atoms with van der Waals surface area (Å²) in [6, 6.07) is 5.38. The number of H-pyrrole nitrogens is 1. The third-order valence-electron chi connectivity index (χ3n) is 3.87. The van der Waals surface area contributed by atoms with Crippen molar-refractivity contribution in [3.63, 3.8) is 0 Å². The number of hydrogen-bond acceptors (Lipinski definition) is 3. The number of nitrogens with zero attached hydrogens (tertiary/aromatic N) is 1. The number of hydrogen-bond donors (Lipinski definition) is 1. The zero-order valence-electron chi connectivity index (χ0n) is 10.8. The Morgan fingerprint density at radius 3 is 2.70 bits per heavy atom. The van der Waals surface area contributed by atoms with Gasteiger partial charge in [-0.3, -0.25) is 4.57 Å². The van der Waals surface area contributed by atoms with E-state index in [1.807, 2.05) is 6.07 Å². The summed E-state index contributed by atoms with van der Waals surface area (Å²) in [6.07, 6.45) is 1.23. The molecule has 1 N–H and O–H groups in total. The van der Waals surface area contributed by atoms with Gasteiger partial charge in [-0.05, 0) is 30.9 Å². The molecule has 0 spiro atoms. The molecule has 1 aliphatic rings. The van der Waals surface area contributed by atoms with Crippen LogP contribution in [0.3, 0.4) is 0 Å². The number of rotatable bonds is 2. The number of sulfone groups is 1. The van der Waals surface area contributed by atoms with Gasteiger partial charge in [-0.2, -0.15) is 0 Å². The molecule has 7 heteroatoms. The second kappa shape index (κ2) is 4.93. The van der Waals surface area contributed by atoms with Crippen LogP contribution in [0.1, 0.15) is 12.8 Å². The lowest BCUT2D eigenvalue weighted by Gasteiger charge is -2.22. The van der Waals surface area contributed by atoms with E-state index in [0.29, 0.717) is 29.9 Å². The van der Waals surface area contributed by atoms with Crippen LogP contribution >= 0.6 is 11.6 Å². The first-order valence-corrected chi connectivity index (χ1v) is 8.74. The van der Waals surface area contributed by atoms with Gasteiger partial charge in [0.05, 0.1) is 27.6 Å². The average Bonchev–Trinajstić information content (AvgIpc) is 2.71. The molecule has 0 unspecified atom stereocenters. The van der Waals surface area contributed by atoms with Gasteiger partial charge >= 0.3 is 5.69 Å². The van der Waals surface area contributed by atoms with E-state index in [0.717, 1.165) is 5.52 Å². The van der Waals surface area contributed by atoms with Crippen LogP contribution in [0.2, 0.25) is 5.02 Å². The highest BCUT2D eigenvalue weighted by Crippen LogP contribution is 2.24. The van der Waals surface area contributed by atoms with Crippen LogP contribution in [0.25, 0.3) is 11.0 Å². The van der Waals surface area contributed by atoms with Crippen LogP contribution in [0.4, 0.5) is 0 Å². The Bertz CT molecular complexity index is 793. The maximum atomic E-state index is 12.0. The lowest BCUT2D eigenvalue weighted by atomic mass is 10.0. The topological polar surface area (TPSA) is 71.9 Å². The molecule has 108 valence electrons. The molecule has 0 saturated carbocycles. The minimum absolute atomic E-state index is 0.193. The predicted molar refractivity (Wildman–Crippen MR) is 78.9 cm³/mol. The fraction of sp³-hybridized carbons (Fsp3) is 0.462. The monoisotopic (exact) mass is 314 g/mol. The van der Waals surface area contributed by atoms with Crippen LogP contribution in [-0.2, 0) is 16.4 Å². The van der Waals surface area contributed by atoms with E-state index in [4.69, 9.17) is 11.6 Å². The second-order valence-electron chi connectivity index (χ2n) is 5.27. The van der Waals surface area contributed by atoms with Crippen molar-refractivity contribution in [3.05, 3.63) is 33.7 Å². The molecule has 1 aliphatic heterocycles. The SMILES string of the molecule is O=c1[nH]c2c(Cl)cccc2n1CC1CCS(=O)(=O)CC1. The molecule has 0 atom stereocenters. The van der Waals surface area contributed by atoms with Crippen LogP contribution < -0.4 is 5.69 Å². The number of nitrogens with one attached hydrogen (secondary N) is 1. The Morgan fingerprint density at radius 2 is 2.00 bits per heavy atom. The van der Waals surface area contributed by atoms with Gasteiger partial charge in [0.1, 0.15) is 9.84 Å². The van der Waals surface area contributed by atoms with E-state index in [-0.39, 0.29) is 23.1 Å². The van der Waals surface area contributed by atoms with Gasteiger partial charge in [0.15, 0.2) is 0 Å². The molecule has 20 heavy (non-hydrogen) atoms. The minimum atomic E-state index is -2.87. The van der Waals surface area contributed by atoms with Crippen molar-refractivity contribution in [3.8, 4) is 0 Å². The highest BCUT2D eigenvalue weighted by molar-refractivity contribution is 7.91. The summed E-state index contributed by atoms with van der Waals surface area (Å²) in [6.45, 7) is 0.536. The fourth-order valence-electron chi connectivity index (χ4n) is 2.71. The van der Waals surface area contributed by atoms with E-state index < -0.39 is 9.84 Å². The minimum Gasteiger partial charge on any atom is -0.304 e. The summed E-state index contributed by atoms with van der Waals surface area (Å²) >= 11 is 6.06. The van der Waals surface area contributed by atoms with Gasteiger partial charge in [-0.1, -0.05) is 17.7 Å². The maximum Gasteiger partial charge on any atom is 0.326 e. The largest absolute Gasteiger partial charge is 0.326 e. The summed E-state index contributed by atoms with van der Waals surface area (Å²) < 4.78 is 24.5. The molecule has 1 fully saturated rings. The number of aromatic nitrogens is 2. The lowest BCUT2D eigenvalue weighted by molar-refractivity contribution is 0.404. The second-order valence-corrected chi connectivity index (χ2v) is 7.98. The Balaban J connectivity index is 1.90. The average molecular weight is 315 g/mol. The fourth-order valence-corrected chi connectivity index (χ4v) is 4.51. The van der Waals surface area contributed by atoms with Crippen molar-refractivity contribution in [1.29, 1.82) is 0 Å². The van der Waals surface area contributed by atoms with E-state index in [2.05, 4.69) is 4.98 Å². The van der Waals surface area contributed by atoms with Gasteiger partial charge in [0.25, 0.3) is 0 Å². The maximum absolute atomic E-state index is 12.0. The Kier molecular flexibility index (Phi) is 3.38. The van der Waals surface area contributed by atoms with Gasteiger partial charge < -0.3 is 4.98 Å². The number of fused-ring (bicyclic) bond motifs is 1. The molecule has 2 aromatic rings. The van der Waals surface area contributed by atoms with E-state index >= 15 is 0 Å². The molecule has 1 saturated heterocycles. The van der Waals surface area contributed by atoms with Gasteiger partial charge in [0, 0.05) is 6.54 Å². The Labute approximate surface area is 121 Å². The molecule has 1 aromatic heterocycles. The van der Waals surface area contributed by atoms with Crippen LogP contribution in [-0.4, -0.2) is 29.5 Å². The van der Waals surface area contributed by atoms with Crippen molar-refractivity contribution < 1.29 is 8.42 Å². The summed E-state index contributed by atoms with van der Waals surface area (Å²) in [5.41, 5.74) is 1.22. The smallest absolute Gasteiger partial charge is 0.304 e. The van der Waals surface area contributed by atoms with E-state index in [1.54, 1.807) is 16.7 Å². The molecule has 0 bridgehead atoms. The molecule has 0 amide bonds. The van der Waals surface area contributed by atoms with Crippen molar-refractivity contribution in [2.24, 2.45) is 5.92 Å². The quantitative estimate of drug-likeness (QED) is 0.919. The third kappa shape index (κ3) is 2.50. The summed E-state index contributed by atoms with van der Waals surface area (Å²) in [7, 11) is -2.87. The number of aromatic amines is 1. The first-order valence-electron chi connectivity index (χ1n) is 6.54. The highest BCUT2D eigenvalue weighted by Gasteiger charge is 2.24. The summed E-state index contributed by atoms with van der Waals surface area (Å²) in [4.78, 5) is 14.8. The molecule has 0 aliphatic carbocycles. The molecule has 1 aromatic carbocycles. The van der Waals surface area contributed by atoms with Gasteiger partial charge in [-0.15, -0.1) is 0 Å². The van der Waals surface area contributed by atoms with Gasteiger partial charge in [-0.25, -0.2) is 13.2 Å². The van der Waals surface area contributed by atoms with Crippen molar-refractivity contribution >= 4 is 32.5 Å².